The molecule has 0 aliphatic rings. The molecule has 2 aromatic rings. The summed E-state index contributed by atoms with van der Waals surface area (Å²) < 4.78 is 51.1. The van der Waals surface area contributed by atoms with E-state index in [0.717, 1.165) is 17.7 Å². The highest BCUT2D eigenvalue weighted by molar-refractivity contribution is 5.79. The molecule has 0 bridgehead atoms. The summed E-state index contributed by atoms with van der Waals surface area (Å²) in [7, 11) is 1.57. The molecule has 1 unspecified atom stereocenters. The van der Waals surface area contributed by atoms with Gasteiger partial charge in [-0.2, -0.15) is 13.2 Å². The molecule has 0 saturated heterocycles. The van der Waals surface area contributed by atoms with Gasteiger partial charge >= 0.3 is 6.18 Å². The van der Waals surface area contributed by atoms with E-state index < -0.39 is 11.7 Å². The summed E-state index contributed by atoms with van der Waals surface area (Å²) in [4.78, 5) is 13.8. The highest BCUT2D eigenvalue weighted by atomic mass is 19.4. The highest BCUT2D eigenvalue weighted by Crippen LogP contribution is 2.30. The minimum Gasteiger partial charge on any atom is -0.339 e. The standard InChI is InChI=1S/C18H17F4NO/c1-12(14-6-8-16(19)9-7-14)23(2)17(24)11-13-4-3-5-15(10-13)18(20,21)22/h3-10,12H,11H2,1-2H3. The number of benzene rings is 2. The minimum atomic E-state index is -4.44. The summed E-state index contributed by atoms with van der Waals surface area (Å²) in [6, 6.07) is 10.2. The zero-order chi connectivity index (χ0) is 17.9. The second kappa shape index (κ2) is 7.03. The van der Waals surface area contributed by atoms with Crippen molar-refractivity contribution in [2.45, 2.75) is 25.6 Å². The molecule has 1 atom stereocenters. The molecule has 0 aromatic heterocycles. The molecule has 0 N–H and O–H groups in total. The van der Waals surface area contributed by atoms with Crippen molar-refractivity contribution in [2.75, 3.05) is 7.05 Å². The molecule has 24 heavy (non-hydrogen) atoms. The Hall–Kier alpha value is -2.37. The summed E-state index contributed by atoms with van der Waals surface area (Å²) in [5.74, 6) is -0.685. The lowest BCUT2D eigenvalue weighted by molar-refractivity contribution is -0.138. The Bertz CT molecular complexity index is 710. The maximum Gasteiger partial charge on any atom is 0.416 e. The molecule has 2 aromatic carbocycles. The van der Waals surface area contributed by atoms with E-state index >= 15 is 0 Å². The number of alkyl halides is 3. The number of carbonyl (C=O) groups is 1. The van der Waals surface area contributed by atoms with E-state index in [9.17, 15) is 22.4 Å². The molecule has 2 rings (SSSR count). The predicted octanol–water partition coefficient (Wildman–Crippen LogP) is 4.61. The van der Waals surface area contributed by atoms with Crippen LogP contribution in [-0.2, 0) is 17.4 Å². The van der Waals surface area contributed by atoms with Gasteiger partial charge in [0, 0.05) is 7.05 Å². The van der Waals surface area contributed by atoms with Gasteiger partial charge in [-0.3, -0.25) is 4.79 Å². The van der Waals surface area contributed by atoms with Gasteiger partial charge in [0.05, 0.1) is 18.0 Å². The van der Waals surface area contributed by atoms with Gasteiger partial charge in [-0.05, 0) is 36.2 Å². The molecule has 0 radical (unpaired) electrons. The third-order valence-corrected chi connectivity index (χ3v) is 3.94. The molecule has 0 spiro atoms. The van der Waals surface area contributed by atoms with E-state index in [0.29, 0.717) is 5.56 Å². The van der Waals surface area contributed by atoms with Gasteiger partial charge in [-0.1, -0.05) is 30.3 Å². The van der Waals surface area contributed by atoms with Gasteiger partial charge < -0.3 is 4.90 Å². The van der Waals surface area contributed by atoms with E-state index in [2.05, 4.69) is 0 Å². The number of nitrogens with zero attached hydrogens (tertiary/aromatic N) is 1. The van der Waals surface area contributed by atoms with Crippen LogP contribution in [0, 0.1) is 5.82 Å². The van der Waals surface area contributed by atoms with E-state index in [4.69, 9.17) is 0 Å². The van der Waals surface area contributed by atoms with Gasteiger partial charge in [0.25, 0.3) is 0 Å². The van der Waals surface area contributed by atoms with Crippen LogP contribution in [0.15, 0.2) is 48.5 Å². The third-order valence-electron chi connectivity index (χ3n) is 3.94. The maximum absolute atomic E-state index is 13.0. The first-order valence-corrected chi connectivity index (χ1v) is 7.35. The summed E-state index contributed by atoms with van der Waals surface area (Å²) in [5.41, 5.74) is 0.270. The Morgan fingerprint density at radius 3 is 2.33 bits per heavy atom. The van der Waals surface area contributed by atoms with Gasteiger partial charge in [0.2, 0.25) is 5.91 Å². The van der Waals surface area contributed by atoms with E-state index in [1.165, 1.54) is 29.2 Å². The third kappa shape index (κ3) is 4.34. The Kier molecular flexibility index (Phi) is 5.26. The Balaban J connectivity index is 2.10. The molecule has 0 aliphatic carbocycles. The average molecular weight is 339 g/mol. The van der Waals surface area contributed by atoms with Gasteiger partial charge in [0.15, 0.2) is 0 Å². The average Bonchev–Trinajstić information content (AvgIpc) is 2.53. The fraction of sp³-hybridized carbons (Fsp3) is 0.278. The van der Waals surface area contributed by atoms with Gasteiger partial charge in [-0.25, -0.2) is 4.39 Å². The lowest BCUT2D eigenvalue weighted by atomic mass is 10.0. The van der Waals surface area contributed by atoms with Crippen LogP contribution in [0.25, 0.3) is 0 Å². The van der Waals surface area contributed by atoms with Crippen molar-refractivity contribution in [1.82, 2.24) is 4.90 Å². The van der Waals surface area contributed by atoms with Crippen LogP contribution >= 0.6 is 0 Å². The molecule has 0 aliphatic heterocycles. The van der Waals surface area contributed by atoms with Crippen molar-refractivity contribution in [1.29, 1.82) is 0 Å². The van der Waals surface area contributed by atoms with Crippen molar-refractivity contribution in [3.8, 4) is 0 Å². The molecule has 128 valence electrons. The minimum absolute atomic E-state index is 0.133. The van der Waals surface area contributed by atoms with Crippen LogP contribution < -0.4 is 0 Å². The lowest BCUT2D eigenvalue weighted by Crippen LogP contribution is -2.31. The Morgan fingerprint density at radius 1 is 1.12 bits per heavy atom. The smallest absolute Gasteiger partial charge is 0.339 e. The monoisotopic (exact) mass is 339 g/mol. The zero-order valence-corrected chi connectivity index (χ0v) is 13.3. The summed E-state index contributed by atoms with van der Waals surface area (Å²) >= 11 is 0. The number of rotatable bonds is 4. The number of carbonyl (C=O) groups excluding carboxylic acids is 1. The SMILES string of the molecule is CC(c1ccc(F)cc1)N(C)C(=O)Cc1cccc(C(F)(F)F)c1. The first-order chi connectivity index (χ1) is 11.2. The lowest BCUT2D eigenvalue weighted by Gasteiger charge is -2.25. The molecule has 0 fully saturated rings. The quantitative estimate of drug-likeness (QED) is 0.745. The number of hydrogen-bond donors (Lipinski definition) is 0. The summed E-state index contributed by atoms with van der Waals surface area (Å²) in [6.07, 6.45) is -4.57. The number of amides is 1. The molecule has 0 saturated carbocycles. The Labute approximate surface area is 137 Å². The first-order valence-electron chi connectivity index (χ1n) is 7.35. The molecular formula is C18H17F4NO. The van der Waals surface area contributed by atoms with E-state index in [-0.39, 0.29) is 24.2 Å². The maximum atomic E-state index is 13.0. The Morgan fingerprint density at radius 2 is 1.75 bits per heavy atom. The molecule has 1 amide bonds. The van der Waals surface area contributed by atoms with Crippen LogP contribution in [-0.4, -0.2) is 17.9 Å². The van der Waals surface area contributed by atoms with Gasteiger partial charge in [-0.15, -0.1) is 0 Å². The normalized spacial score (nSPS) is 12.8. The highest BCUT2D eigenvalue weighted by Gasteiger charge is 2.30. The van der Waals surface area contributed by atoms with Crippen LogP contribution in [0.5, 0.6) is 0 Å². The predicted molar refractivity (Wildman–Crippen MR) is 82.7 cm³/mol. The van der Waals surface area contributed by atoms with E-state index in [1.54, 1.807) is 26.1 Å². The molecule has 2 nitrogen and oxygen atoms in total. The second-order valence-corrected chi connectivity index (χ2v) is 5.61. The van der Waals surface area contributed by atoms with Crippen LogP contribution in [0.3, 0.4) is 0 Å². The first kappa shape index (κ1) is 18.0. The van der Waals surface area contributed by atoms with Crippen molar-refractivity contribution in [2.24, 2.45) is 0 Å². The largest absolute Gasteiger partial charge is 0.416 e. The summed E-state index contributed by atoms with van der Waals surface area (Å²) in [5, 5.41) is 0. The zero-order valence-electron chi connectivity index (χ0n) is 13.3. The van der Waals surface area contributed by atoms with Crippen LogP contribution in [0.1, 0.15) is 29.7 Å². The number of halogens is 4. The van der Waals surface area contributed by atoms with Gasteiger partial charge in [0.1, 0.15) is 5.82 Å². The summed E-state index contributed by atoms with van der Waals surface area (Å²) in [6.45, 7) is 1.78. The molecule has 0 heterocycles. The molecule has 6 heteroatoms. The van der Waals surface area contributed by atoms with Crippen molar-refractivity contribution >= 4 is 5.91 Å². The van der Waals surface area contributed by atoms with Crippen LogP contribution in [0.2, 0.25) is 0 Å². The van der Waals surface area contributed by atoms with Crippen molar-refractivity contribution in [3.05, 3.63) is 71.0 Å². The second-order valence-electron chi connectivity index (χ2n) is 5.61. The fourth-order valence-electron chi connectivity index (χ4n) is 2.34. The topological polar surface area (TPSA) is 20.3 Å². The van der Waals surface area contributed by atoms with Crippen molar-refractivity contribution < 1.29 is 22.4 Å². The van der Waals surface area contributed by atoms with Crippen LogP contribution in [0.4, 0.5) is 17.6 Å². The van der Waals surface area contributed by atoms with Crippen molar-refractivity contribution in [3.63, 3.8) is 0 Å². The number of likely N-dealkylation sites (N-methyl/N-ethyl adjacent to an activating group) is 1. The van der Waals surface area contributed by atoms with E-state index in [1.807, 2.05) is 0 Å². The fourth-order valence-corrected chi connectivity index (χ4v) is 2.34. The molecular weight excluding hydrogens is 322 g/mol. The number of hydrogen-bond acceptors (Lipinski definition) is 1.